The lowest BCUT2D eigenvalue weighted by atomic mass is 9.93. The number of aliphatic carboxylic acids is 1. The highest BCUT2D eigenvalue weighted by atomic mass is 16.5. The molecule has 198 valence electrons. The minimum atomic E-state index is -0.779. The molecule has 2 aromatic carbocycles. The van der Waals surface area contributed by atoms with Gasteiger partial charge in [0.15, 0.2) is 5.78 Å². The van der Waals surface area contributed by atoms with Crippen molar-refractivity contribution < 1.29 is 24.2 Å². The number of carbonyl (C=O) groups excluding carboxylic acids is 1. The van der Waals surface area contributed by atoms with E-state index >= 15 is 0 Å². The van der Waals surface area contributed by atoms with Crippen LogP contribution in [0.4, 0.5) is 0 Å². The number of carboxylic acid groups (broad SMARTS) is 1. The van der Waals surface area contributed by atoms with E-state index in [2.05, 4.69) is 59.5 Å². The molecule has 6 nitrogen and oxygen atoms in total. The molecule has 37 heavy (non-hydrogen) atoms. The fourth-order valence-corrected chi connectivity index (χ4v) is 5.51. The molecule has 0 unspecified atom stereocenters. The van der Waals surface area contributed by atoms with Crippen molar-refractivity contribution in [2.24, 2.45) is 5.92 Å². The Hall–Kier alpha value is -2.80. The number of rotatable bonds is 13. The number of hydrogen-bond donors (Lipinski definition) is 1. The van der Waals surface area contributed by atoms with Crippen LogP contribution in [0.3, 0.4) is 0 Å². The van der Waals surface area contributed by atoms with Crippen LogP contribution in [0, 0.1) is 5.92 Å². The maximum atomic E-state index is 13.1. The van der Waals surface area contributed by atoms with Gasteiger partial charge in [-0.25, -0.2) is 0 Å². The second kappa shape index (κ2) is 14.2. The number of hydrogen-bond acceptors (Lipinski definition) is 5. The van der Waals surface area contributed by atoms with Crippen molar-refractivity contribution in [1.82, 2.24) is 4.90 Å². The van der Waals surface area contributed by atoms with Gasteiger partial charge in [-0.15, -0.1) is 0 Å². The van der Waals surface area contributed by atoms with Crippen molar-refractivity contribution >= 4 is 11.8 Å². The number of aryl methyl sites for hydroxylation is 1. The van der Waals surface area contributed by atoms with Gasteiger partial charge in [-0.05, 0) is 48.8 Å². The molecule has 1 saturated carbocycles. The van der Waals surface area contributed by atoms with Crippen LogP contribution in [0.25, 0.3) is 11.1 Å². The summed E-state index contributed by atoms with van der Waals surface area (Å²) in [7, 11) is 0. The van der Waals surface area contributed by atoms with Crippen LogP contribution in [-0.2, 0) is 25.5 Å². The van der Waals surface area contributed by atoms with Crippen molar-refractivity contribution in [1.29, 1.82) is 0 Å². The first-order chi connectivity index (χ1) is 18.1. The average molecular weight is 506 g/mol. The molecule has 0 amide bonds. The summed E-state index contributed by atoms with van der Waals surface area (Å²) in [5.74, 6) is -0.345. The zero-order chi connectivity index (χ0) is 25.9. The molecule has 0 bridgehead atoms. The topological polar surface area (TPSA) is 76.1 Å². The maximum Gasteiger partial charge on any atom is 0.303 e. The van der Waals surface area contributed by atoms with Gasteiger partial charge < -0.3 is 14.6 Å². The molecule has 2 fully saturated rings. The van der Waals surface area contributed by atoms with E-state index in [0.29, 0.717) is 32.7 Å². The van der Waals surface area contributed by atoms with E-state index in [9.17, 15) is 9.59 Å². The molecule has 1 aliphatic heterocycles. The maximum absolute atomic E-state index is 13.1. The van der Waals surface area contributed by atoms with Crippen LogP contribution >= 0.6 is 0 Å². The fraction of sp³-hybridized carbons (Fsp3) is 0.484. The lowest BCUT2D eigenvalue weighted by molar-refractivity contribution is -0.136. The van der Waals surface area contributed by atoms with E-state index in [0.717, 1.165) is 38.8 Å². The molecule has 0 radical (unpaired) electrons. The molecule has 1 aliphatic carbocycles. The SMILES string of the molecule is O=C(O)CCC=CCC[C@H]1[C@@H](OCCCc2ccc(-c3ccccc3)cc2)CC(=O)[C@@H]1N1CCOCC1. The van der Waals surface area contributed by atoms with Gasteiger partial charge >= 0.3 is 5.97 Å². The van der Waals surface area contributed by atoms with Crippen LogP contribution in [0.1, 0.15) is 44.1 Å². The predicted molar refractivity (Wildman–Crippen MR) is 144 cm³/mol. The summed E-state index contributed by atoms with van der Waals surface area (Å²) in [6.07, 6.45) is 8.64. The third-order valence-electron chi connectivity index (χ3n) is 7.42. The van der Waals surface area contributed by atoms with Crippen molar-refractivity contribution in [2.75, 3.05) is 32.9 Å². The number of morpholine rings is 1. The number of ether oxygens (including phenoxy) is 2. The van der Waals surface area contributed by atoms with Gasteiger partial charge in [0.05, 0.1) is 25.4 Å². The van der Waals surface area contributed by atoms with E-state index in [1.807, 2.05) is 12.1 Å². The molecule has 1 saturated heterocycles. The molecule has 3 atom stereocenters. The van der Waals surface area contributed by atoms with E-state index < -0.39 is 5.97 Å². The minimum absolute atomic E-state index is 0.0618. The number of allylic oxidation sites excluding steroid dienone is 2. The molecule has 0 aromatic heterocycles. The third kappa shape index (κ3) is 8.09. The molecule has 1 heterocycles. The van der Waals surface area contributed by atoms with Crippen LogP contribution < -0.4 is 0 Å². The number of Topliss-reactive ketones (excluding diaryl/α,β-unsaturated/α-hetero) is 1. The van der Waals surface area contributed by atoms with Gasteiger partial charge in [0.2, 0.25) is 0 Å². The quantitative estimate of drug-likeness (QED) is 0.299. The summed E-state index contributed by atoms with van der Waals surface area (Å²) in [6.45, 7) is 3.54. The number of carboxylic acids is 1. The van der Waals surface area contributed by atoms with Crippen LogP contribution in [0.2, 0.25) is 0 Å². The average Bonchev–Trinajstić information content (AvgIpc) is 3.24. The summed E-state index contributed by atoms with van der Waals surface area (Å²) in [6, 6.07) is 19.0. The number of nitrogens with zero attached hydrogens (tertiary/aromatic N) is 1. The van der Waals surface area contributed by atoms with E-state index in [4.69, 9.17) is 14.6 Å². The predicted octanol–water partition coefficient (Wildman–Crippen LogP) is 5.16. The Bertz CT molecular complexity index is 1010. The Morgan fingerprint density at radius 1 is 1.00 bits per heavy atom. The van der Waals surface area contributed by atoms with E-state index in [-0.39, 0.29) is 30.3 Å². The molecule has 6 heteroatoms. The molecule has 4 rings (SSSR count). The third-order valence-corrected chi connectivity index (χ3v) is 7.42. The summed E-state index contributed by atoms with van der Waals surface area (Å²) < 4.78 is 11.9. The van der Waals surface area contributed by atoms with Gasteiger partial charge in [-0.2, -0.15) is 0 Å². The summed E-state index contributed by atoms with van der Waals surface area (Å²) >= 11 is 0. The highest BCUT2D eigenvalue weighted by Gasteiger charge is 2.45. The summed E-state index contributed by atoms with van der Waals surface area (Å²) in [5.41, 5.74) is 3.74. The standard InChI is InChI=1S/C31H39NO5/c33-28-23-29(37-20-8-9-24-14-16-26(17-15-24)25-10-4-3-5-11-25)27(12-6-1-2-7-13-30(34)35)31(28)32-18-21-36-22-19-32/h1-5,10-11,14-17,27,29,31H,6-9,12-13,18-23H2,(H,34,35)/t27-,29-,31+/m0/s1. The second-order valence-electron chi connectivity index (χ2n) is 9.98. The molecular formula is C31H39NO5. The van der Waals surface area contributed by atoms with Gasteiger partial charge in [0.25, 0.3) is 0 Å². The molecule has 0 spiro atoms. The lowest BCUT2D eigenvalue weighted by Crippen LogP contribution is -2.49. The first kappa shape index (κ1) is 27.2. The Morgan fingerprint density at radius 2 is 1.70 bits per heavy atom. The smallest absolute Gasteiger partial charge is 0.303 e. The number of ketones is 1. The number of carbonyl (C=O) groups is 2. The Kier molecular flexibility index (Phi) is 10.5. The fourth-order valence-electron chi connectivity index (χ4n) is 5.51. The van der Waals surface area contributed by atoms with Crippen LogP contribution in [-0.4, -0.2) is 66.8 Å². The van der Waals surface area contributed by atoms with Gasteiger partial charge in [-0.3, -0.25) is 14.5 Å². The largest absolute Gasteiger partial charge is 0.481 e. The van der Waals surface area contributed by atoms with Crippen molar-refractivity contribution in [3.05, 3.63) is 72.3 Å². The molecule has 1 N–H and O–H groups in total. The van der Waals surface area contributed by atoms with E-state index in [1.165, 1.54) is 16.7 Å². The Labute approximate surface area is 220 Å². The normalized spacial score (nSPS) is 22.6. The van der Waals surface area contributed by atoms with Crippen LogP contribution in [0.15, 0.2) is 66.7 Å². The zero-order valence-electron chi connectivity index (χ0n) is 21.6. The van der Waals surface area contributed by atoms with Gasteiger partial charge in [-0.1, -0.05) is 66.7 Å². The summed E-state index contributed by atoms with van der Waals surface area (Å²) in [4.78, 5) is 26.1. The summed E-state index contributed by atoms with van der Waals surface area (Å²) in [5, 5.41) is 8.82. The van der Waals surface area contributed by atoms with Crippen molar-refractivity contribution in [3.8, 4) is 11.1 Å². The van der Waals surface area contributed by atoms with Gasteiger partial charge in [0, 0.05) is 38.5 Å². The molecule has 2 aliphatic rings. The van der Waals surface area contributed by atoms with Crippen molar-refractivity contribution in [3.63, 3.8) is 0 Å². The first-order valence-electron chi connectivity index (χ1n) is 13.6. The number of benzene rings is 2. The van der Waals surface area contributed by atoms with Crippen LogP contribution in [0.5, 0.6) is 0 Å². The van der Waals surface area contributed by atoms with Gasteiger partial charge in [0.1, 0.15) is 0 Å². The first-order valence-corrected chi connectivity index (χ1v) is 13.6. The lowest BCUT2D eigenvalue weighted by Gasteiger charge is -2.35. The minimum Gasteiger partial charge on any atom is -0.481 e. The van der Waals surface area contributed by atoms with E-state index in [1.54, 1.807) is 0 Å². The molecular weight excluding hydrogens is 466 g/mol. The second-order valence-corrected chi connectivity index (χ2v) is 9.98. The van der Waals surface area contributed by atoms with Crippen molar-refractivity contribution in [2.45, 2.75) is 57.1 Å². The Balaban J connectivity index is 1.28. The monoisotopic (exact) mass is 505 g/mol. The highest BCUT2D eigenvalue weighted by molar-refractivity contribution is 5.87. The Morgan fingerprint density at radius 3 is 2.43 bits per heavy atom. The highest BCUT2D eigenvalue weighted by Crippen LogP contribution is 2.34. The zero-order valence-corrected chi connectivity index (χ0v) is 21.6. The molecule has 2 aromatic rings.